The van der Waals surface area contributed by atoms with Crippen LogP contribution in [0.2, 0.25) is 5.02 Å². The molecule has 152 valence electrons. The van der Waals surface area contributed by atoms with Gasteiger partial charge in [-0.25, -0.2) is 4.79 Å². The Labute approximate surface area is 171 Å². The number of carbonyl (C=O) groups excluding carboxylic acids is 2. The largest absolute Gasteiger partial charge is 0.352 e. The van der Waals surface area contributed by atoms with Gasteiger partial charge >= 0.3 is 6.03 Å². The Morgan fingerprint density at radius 2 is 2.04 bits per heavy atom. The van der Waals surface area contributed by atoms with Crippen molar-refractivity contribution >= 4 is 23.5 Å². The van der Waals surface area contributed by atoms with Crippen LogP contribution >= 0.6 is 11.6 Å². The highest BCUT2D eigenvalue weighted by Gasteiger charge is 2.31. The number of hydrogen-bond acceptors (Lipinski definition) is 4. The molecule has 1 aromatic rings. The Hall–Kier alpha value is -2.09. The Morgan fingerprint density at radius 3 is 2.75 bits per heavy atom. The normalized spacial score (nSPS) is 21.2. The maximum absolute atomic E-state index is 12.9. The fourth-order valence-electron chi connectivity index (χ4n) is 3.60. The van der Waals surface area contributed by atoms with Gasteiger partial charge in [-0.1, -0.05) is 23.7 Å². The topological polar surface area (TPSA) is 76.7 Å². The first kappa shape index (κ1) is 20.6. The number of nitrogens with one attached hydrogen (secondary N) is 3. The van der Waals surface area contributed by atoms with Gasteiger partial charge in [0.25, 0.3) is 5.91 Å². The highest BCUT2D eigenvalue weighted by atomic mass is 35.5. The van der Waals surface area contributed by atoms with E-state index in [9.17, 15) is 9.59 Å². The fourth-order valence-corrected chi connectivity index (χ4v) is 3.80. The summed E-state index contributed by atoms with van der Waals surface area (Å²) in [6, 6.07) is 6.36. The Bertz CT molecular complexity index is 759. The third kappa shape index (κ3) is 5.25. The minimum Gasteiger partial charge on any atom is -0.352 e. The summed E-state index contributed by atoms with van der Waals surface area (Å²) in [6.07, 6.45) is 0.892. The molecular weight excluding hydrogens is 378 g/mol. The number of piperazine rings is 1. The van der Waals surface area contributed by atoms with Gasteiger partial charge in [0.2, 0.25) is 0 Å². The van der Waals surface area contributed by atoms with E-state index in [1.165, 1.54) is 0 Å². The molecule has 7 nitrogen and oxygen atoms in total. The van der Waals surface area contributed by atoms with Crippen LogP contribution in [0, 0.1) is 0 Å². The molecule has 0 radical (unpaired) electrons. The van der Waals surface area contributed by atoms with Crippen LogP contribution < -0.4 is 16.0 Å². The molecule has 2 aliphatic rings. The zero-order valence-electron chi connectivity index (χ0n) is 16.4. The van der Waals surface area contributed by atoms with Crippen LogP contribution in [0.1, 0.15) is 24.9 Å². The van der Waals surface area contributed by atoms with Crippen LogP contribution in [0.15, 0.2) is 35.5 Å². The number of carbonyl (C=O) groups is 2. The number of allylic oxidation sites excluding steroid dienone is 1. The van der Waals surface area contributed by atoms with Crippen molar-refractivity contribution in [1.82, 2.24) is 25.8 Å². The van der Waals surface area contributed by atoms with E-state index in [2.05, 4.69) is 32.8 Å². The third-order valence-corrected chi connectivity index (χ3v) is 5.46. The van der Waals surface area contributed by atoms with Gasteiger partial charge in [-0.2, -0.15) is 0 Å². The second-order valence-electron chi connectivity index (χ2n) is 7.38. The average molecular weight is 406 g/mol. The molecule has 3 rings (SSSR count). The predicted molar refractivity (Wildman–Crippen MR) is 110 cm³/mol. The van der Waals surface area contributed by atoms with Gasteiger partial charge in [-0.05, 0) is 44.6 Å². The molecular formula is C20H28ClN5O2. The standard InChI is InChI=1S/C20H28ClN5O2/c1-14-17(18(24-20(28)23-14)15-5-3-6-16(21)13-15)19(27)22-7-4-8-26-11-9-25(2)10-12-26/h3,5-6,13,18H,4,7-12H2,1-2H3,(H,22,27)(H2,23,24,28). The summed E-state index contributed by atoms with van der Waals surface area (Å²) in [7, 11) is 2.14. The van der Waals surface area contributed by atoms with E-state index in [0.717, 1.165) is 44.7 Å². The van der Waals surface area contributed by atoms with E-state index in [4.69, 9.17) is 11.6 Å². The summed E-state index contributed by atoms with van der Waals surface area (Å²) in [6.45, 7) is 7.63. The number of rotatable bonds is 6. The lowest BCUT2D eigenvalue weighted by molar-refractivity contribution is -0.118. The lowest BCUT2D eigenvalue weighted by Gasteiger charge is -2.32. The SMILES string of the molecule is CC1=C(C(=O)NCCCN2CCN(C)CC2)C(c2cccc(Cl)c2)NC(=O)N1. The van der Waals surface area contributed by atoms with Crippen LogP contribution in [-0.2, 0) is 4.79 Å². The molecule has 0 spiro atoms. The molecule has 1 atom stereocenters. The quantitative estimate of drug-likeness (QED) is 0.630. The van der Waals surface area contributed by atoms with E-state index in [-0.39, 0.29) is 11.9 Å². The zero-order valence-corrected chi connectivity index (χ0v) is 17.2. The molecule has 0 saturated carbocycles. The molecule has 8 heteroatoms. The maximum atomic E-state index is 12.9. The van der Waals surface area contributed by atoms with Gasteiger partial charge in [-0.3, -0.25) is 4.79 Å². The van der Waals surface area contributed by atoms with E-state index in [1.54, 1.807) is 19.1 Å². The van der Waals surface area contributed by atoms with Crippen molar-refractivity contribution < 1.29 is 9.59 Å². The summed E-state index contributed by atoms with van der Waals surface area (Å²) >= 11 is 6.10. The van der Waals surface area contributed by atoms with Crippen molar-refractivity contribution in [3.8, 4) is 0 Å². The van der Waals surface area contributed by atoms with Crippen molar-refractivity contribution in [2.75, 3.05) is 46.3 Å². The number of amides is 3. The third-order valence-electron chi connectivity index (χ3n) is 5.23. The van der Waals surface area contributed by atoms with Gasteiger partial charge in [0.15, 0.2) is 0 Å². The van der Waals surface area contributed by atoms with Crippen LogP contribution in [0.25, 0.3) is 0 Å². The van der Waals surface area contributed by atoms with E-state index in [1.807, 2.05) is 12.1 Å². The highest BCUT2D eigenvalue weighted by Crippen LogP contribution is 2.28. The van der Waals surface area contributed by atoms with Crippen molar-refractivity contribution in [3.63, 3.8) is 0 Å². The number of nitrogens with zero attached hydrogens (tertiary/aromatic N) is 2. The number of halogens is 1. The van der Waals surface area contributed by atoms with Crippen molar-refractivity contribution in [1.29, 1.82) is 0 Å². The van der Waals surface area contributed by atoms with Gasteiger partial charge in [0.1, 0.15) is 0 Å². The van der Waals surface area contributed by atoms with Crippen LogP contribution in [-0.4, -0.2) is 68.1 Å². The summed E-state index contributed by atoms with van der Waals surface area (Å²) in [4.78, 5) is 29.6. The Balaban J connectivity index is 1.59. The van der Waals surface area contributed by atoms with Gasteiger partial charge < -0.3 is 25.8 Å². The second kappa shape index (κ2) is 9.41. The molecule has 0 aromatic heterocycles. The van der Waals surface area contributed by atoms with E-state index in [0.29, 0.717) is 22.8 Å². The number of benzene rings is 1. The average Bonchev–Trinajstić information content (AvgIpc) is 2.66. The highest BCUT2D eigenvalue weighted by molar-refractivity contribution is 6.30. The van der Waals surface area contributed by atoms with Gasteiger partial charge in [0, 0.05) is 43.4 Å². The van der Waals surface area contributed by atoms with Crippen molar-refractivity contribution in [2.24, 2.45) is 0 Å². The summed E-state index contributed by atoms with van der Waals surface area (Å²) in [5.74, 6) is -0.173. The summed E-state index contributed by atoms with van der Waals surface area (Å²) < 4.78 is 0. The summed E-state index contributed by atoms with van der Waals surface area (Å²) in [5.41, 5.74) is 1.86. The summed E-state index contributed by atoms with van der Waals surface area (Å²) in [5, 5.41) is 9.09. The first-order valence-corrected chi connectivity index (χ1v) is 10.0. The van der Waals surface area contributed by atoms with Crippen molar-refractivity contribution in [3.05, 3.63) is 46.1 Å². The molecule has 28 heavy (non-hydrogen) atoms. The van der Waals surface area contributed by atoms with Crippen molar-refractivity contribution in [2.45, 2.75) is 19.4 Å². The minimum atomic E-state index is -0.523. The van der Waals surface area contributed by atoms with E-state index < -0.39 is 6.04 Å². The molecule has 1 fully saturated rings. The zero-order chi connectivity index (χ0) is 20.1. The van der Waals surface area contributed by atoms with Crippen LogP contribution in [0.4, 0.5) is 4.79 Å². The lowest BCUT2D eigenvalue weighted by Crippen LogP contribution is -2.47. The first-order valence-electron chi connectivity index (χ1n) is 9.67. The monoisotopic (exact) mass is 405 g/mol. The minimum absolute atomic E-state index is 0.173. The molecule has 3 N–H and O–H groups in total. The molecule has 1 aromatic carbocycles. The molecule has 2 aliphatic heterocycles. The molecule has 0 aliphatic carbocycles. The van der Waals surface area contributed by atoms with Crippen LogP contribution in [0.5, 0.6) is 0 Å². The predicted octanol–water partition coefficient (Wildman–Crippen LogP) is 1.72. The number of urea groups is 1. The number of likely N-dealkylation sites (N-methyl/N-ethyl adjacent to an activating group) is 1. The molecule has 3 amide bonds. The molecule has 1 saturated heterocycles. The molecule has 1 unspecified atom stereocenters. The lowest BCUT2D eigenvalue weighted by atomic mass is 9.95. The Kier molecular flexibility index (Phi) is 6.93. The Morgan fingerprint density at radius 1 is 1.29 bits per heavy atom. The fraction of sp³-hybridized carbons (Fsp3) is 0.500. The van der Waals surface area contributed by atoms with Gasteiger partial charge in [-0.15, -0.1) is 0 Å². The smallest absolute Gasteiger partial charge is 0.319 e. The molecule has 0 bridgehead atoms. The second-order valence-corrected chi connectivity index (χ2v) is 7.82. The molecule has 2 heterocycles. The first-order chi connectivity index (χ1) is 13.4. The van der Waals surface area contributed by atoms with Gasteiger partial charge in [0.05, 0.1) is 11.6 Å². The van der Waals surface area contributed by atoms with Crippen LogP contribution in [0.3, 0.4) is 0 Å². The maximum Gasteiger partial charge on any atom is 0.319 e. The van der Waals surface area contributed by atoms with E-state index >= 15 is 0 Å². The number of hydrogen-bond donors (Lipinski definition) is 3.